The Morgan fingerprint density at radius 3 is 2.65 bits per heavy atom. The van der Waals surface area contributed by atoms with Crippen molar-refractivity contribution in [2.24, 2.45) is 0 Å². The van der Waals surface area contributed by atoms with E-state index < -0.39 is 5.97 Å². The van der Waals surface area contributed by atoms with E-state index in [9.17, 15) is 9.18 Å². The van der Waals surface area contributed by atoms with Crippen molar-refractivity contribution in [2.75, 3.05) is 7.11 Å². The molecular weight excluding hydrogens is 291 g/mol. The fraction of sp³-hybridized carbons (Fsp3) is 0.0909. The van der Waals surface area contributed by atoms with Gasteiger partial charge in [0.1, 0.15) is 10.4 Å². The van der Waals surface area contributed by atoms with Gasteiger partial charge in [0.15, 0.2) is 5.69 Å². The SMILES string of the molecule is COC(=O)c1cc(Br)nn1-c1ccc(F)cc1. The standard InChI is InChI=1S/C11H8BrFN2O2/c1-17-11(16)9-6-10(12)14-15(9)8-4-2-7(13)3-5-8/h2-6H,1H3. The van der Waals surface area contributed by atoms with Crippen LogP contribution < -0.4 is 0 Å². The second kappa shape index (κ2) is 4.67. The fourth-order valence-corrected chi connectivity index (χ4v) is 1.76. The lowest BCUT2D eigenvalue weighted by Gasteiger charge is -2.05. The molecule has 0 saturated heterocycles. The first-order valence-corrected chi connectivity index (χ1v) is 5.51. The van der Waals surface area contributed by atoms with Gasteiger partial charge in [-0.15, -0.1) is 0 Å². The van der Waals surface area contributed by atoms with Crippen molar-refractivity contribution in [3.8, 4) is 5.69 Å². The summed E-state index contributed by atoms with van der Waals surface area (Å²) in [7, 11) is 1.29. The Morgan fingerprint density at radius 1 is 1.41 bits per heavy atom. The summed E-state index contributed by atoms with van der Waals surface area (Å²) in [6.07, 6.45) is 0. The molecule has 0 amide bonds. The zero-order valence-electron chi connectivity index (χ0n) is 8.85. The van der Waals surface area contributed by atoms with Crippen molar-refractivity contribution in [2.45, 2.75) is 0 Å². The Balaban J connectivity index is 2.51. The summed E-state index contributed by atoms with van der Waals surface area (Å²) in [6, 6.07) is 7.19. The minimum Gasteiger partial charge on any atom is -0.464 e. The van der Waals surface area contributed by atoms with E-state index in [1.54, 1.807) is 0 Å². The number of benzene rings is 1. The zero-order valence-corrected chi connectivity index (χ0v) is 10.4. The summed E-state index contributed by atoms with van der Waals surface area (Å²) in [5, 5.41) is 4.09. The van der Waals surface area contributed by atoms with Gasteiger partial charge in [0, 0.05) is 6.07 Å². The Kier molecular flexibility index (Phi) is 3.23. The number of methoxy groups -OCH3 is 1. The van der Waals surface area contributed by atoms with E-state index in [0.717, 1.165) is 0 Å². The minimum absolute atomic E-state index is 0.269. The van der Waals surface area contributed by atoms with Gasteiger partial charge in [0.05, 0.1) is 12.8 Å². The molecule has 1 aromatic carbocycles. The maximum absolute atomic E-state index is 12.8. The third kappa shape index (κ3) is 2.36. The molecule has 0 saturated carbocycles. The second-order valence-electron chi connectivity index (χ2n) is 3.23. The lowest BCUT2D eigenvalue weighted by molar-refractivity contribution is 0.0590. The first kappa shape index (κ1) is 11.8. The number of rotatable bonds is 2. The van der Waals surface area contributed by atoms with E-state index in [0.29, 0.717) is 10.3 Å². The molecule has 2 rings (SSSR count). The average Bonchev–Trinajstić information content (AvgIpc) is 2.71. The van der Waals surface area contributed by atoms with Crippen molar-refractivity contribution in [3.05, 3.63) is 46.4 Å². The smallest absolute Gasteiger partial charge is 0.356 e. The van der Waals surface area contributed by atoms with Crippen LogP contribution in [0.25, 0.3) is 5.69 Å². The number of nitrogens with zero attached hydrogens (tertiary/aromatic N) is 2. The molecular formula is C11H8BrFN2O2. The van der Waals surface area contributed by atoms with E-state index in [-0.39, 0.29) is 11.5 Å². The third-order valence-corrected chi connectivity index (χ3v) is 2.53. The van der Waals surface area contributed by atoms with Crippen LogP contribution in [-0.4, -0.2) is 22.9 Å². The predicted molar refractivity (Wildman–Crippen MR) is 62.6 cm³/mol. The van der Waals surface area contributed by atoms with Crippen LogP contribution >= 0.6 is 15.9 Å². The van der Waals surface area contributed by atoms with Gasteiger partial charge in [-0.1, -0.05) is 0 Å². The number of hydrogen-bond acceptors (Lipinski definition) is 3. The highest BCUT2D eigenvalue weighted by molar-refractivity contribution is 9.10. The normalized spacial score (nSPS) is 10.3. The summed E-state index contributed by atoms with van der Waals surface area (Å²) >= 11 is 3.18. The number of halogens is 2. The second-order valence-corrected chi connectivity index (χ2v) is 4.04. The van der Waals surface area contributed by atoms with Crippen LogP contribution in [0.15, 0.2) is 34.9 Å². The van der Waals surface area contributed by atoms with Crippen molar-refractivity contribution in [1.82, 2.24) is 9.78 Å². The van der Waals surface area contributed by atoms with Gasteiger partial charge in [-0.2, -0.15) is 5.10 Å². The van der Waals surface area contributed by atoms with Crippen molar-refractivity contribution < 1.29 is 13.9 Å². The van der Waals surface area contributed by atoms with Gasteiger partial charge in [0.2, 0.25) is 0 Å². The van der Waals surface area contributed by atoms with Gasteiger partial charge in [0.25, 0.3) is 0 Å². The lowest BCUT2D eigenvalue weighted by atomic mass is 10.3. The Bertz CT molecular complexity index is 551. The van der Waals surface area contributed by atoms with Crippen molar-refractivity contribution in [1.29, 1.82) is 0 Å². The fourth-order valence-electron chi connectivity index (χ4n) is 1.38. The highest BCUT2D eigenvalue weighted by Gasteiger charge is 2.16. The summed E-state index contributed by atoms with van der Waals surface area (Å²) in [4.78, 5) is 11.5. The molecule has 0 aliphatic heterocycles. The highest BCUT2D eigenvalue weighted by atomic mass is 79.9. The van der Waals surface area contributed by atoms with Crippen molar-refractivity contribution in [3.63, 3.8) is 0 Å². The maximum Gasteiger partial charge on any atom is 0.356 e. The monoisotopic (exact) mass is 298 g/mol. The molecule has 0 bridgehead atoms. The molecule has 4 nitrogen and oxygen atoms in total. The molecule has 0 atom stereocenters. The largest absolute Gasteiger partial charge is 0.464 e. The molecule has 0 spiro atoms. The van der Waals surface area contributed by atoms with Gasteiger partial charge >= 0.3 is 5.97 Å². The van der Waals surface area contributed by atoms with Crippen LogP contribution in [0.5, 0.6) is 0 Å². The molecule has 0 radical (unpaired) electrons. The van der Waals surface area contributed by atoms with E-state index >= 15 is 0 Å². The first-order valence-electron chi connectivity index (χ1n) is 4.71. The van der Waals surface area contributed by atoms with Crippen molar-refractivity contribution >= 4 is 21.9 Å². The minimum atomic E-state index is -0.507. The van der Waals surface area contributed by atoms with Crippen LogP contribution in [0, 0.1) is 5.82 Å². The molecule has 6 heteroatoms. The molecule has 0 unspecified atom stereocenters. The highest BCUT2D eigenvalue weighted by Crippen LogP contribution is 2.17. The molecule has 2 aromatic rings. The summed E-state index contributed by atoms with van der Waals surface area (Å²) in [5.74, 6) is -0.855. The zero-order chi connectivity index (χ0) is 12.4. The van der Waals surface area contributed by atoms with Gasteiger partial charge in [-0.05, 0) is 40.2 Å². The lowest BCUT2D eigenvalue weighted by Crippen LogP contribution is -2.10. The van der Waals surface area contributed by atoms with E-state index in [1.807, 2.05) is 0 Å². The van der Waals surface area contributed by atoms with Crippen LogP contribution in [0.3, 0.4) is 0 Å². The Labute approximate surface area is 105 Å². The summed E-state index contributed by atoms with van der Waals surface area (Å²) in [6.45, 7) is 0. The van der Waals surface area contributed by atoms with E-state index in [4.69, 9.17) is 0 Å². The number of ether oxygens (including phenoxy) is 1. The molecule has 0 fully saturated rings. The van der Waals surface area contributed by atoms with E-state index in [1.165, 1.54) is 42.1 Å². The molecule has 0 aliphatic rings. The van der Waals surface area contributed by atoms with Crippen LogP contribution in [0.4, 0.5) is 4.39 Å². The number of hydrogen-bond donors (Lipinski definition) is 0. The molecule has 1 heterocycles. The average molecular weight is 299 g/mol. The van der Waals surface area contributed by atoms with Crippen LogP contribution in [0.1, 0.15) is 10.5 Å². The predicted octanol–water partition coefficient (Wildman–Crippen LogP) is 2.56. The van der Waals surface area contributed by atoms with Gasteiger partial charge < -0.3 is 4.74 Å². The number of esters is 1. The van der Waals surface area contributed by atoms with Gasteiger partial charge in [-0.3, -0.25) is 0 Å². The maximum atomic E-state index is 12.8. The Hall–Kier alpha value is -1.69. The Morgan fingerprint density at radius 2 is 2.06 bits per heavy atom. The molecule has 88 valence electrons. The summed E-state index contributed by atoms with van der Waals surface area (Å²) < 4.78 is 19.3. The topological polar surface area (TPSA) is 44.1 Å². The van der Waals surface area contributed by atoms with Crippen LogP contribution in [0.2, 0.25) is 0 Å². The molecule has 17 heavy (non-hydrogen) atoms. The molecule has 0 aliphatic carbocycles. The first-order chi connectivity index (χ1) is 8.11. The number of carbonyl (C=O) groups is 1. The van der Waals surface area contributed by atoms with Crippen LogP contribution in [-0.2, 0) is 4.74 Å². The molecule has 0 N–H and O–H groups in total. The summed E-state index contributed by atoms with van der Waals surface area (Å²) in [5.41, 5.74) is 0.850. The quantitative estimate of drug-likeness (QED) is 0.801. The third-order valence-electron chi connectivity index (χ3n) is 2.15. The molecule has 1 aromatic heterocycles. The number of aromatic nitrogens is 2. The van der Waals surface area contributed by atoms with Gasteiger partial charge in [-0.25, -0.2) is 13.9 Å². The van der Waals surface area contributed by atoms with E-state index in [2.05, 4.69) is 25.8 Å². The number of carbonyl (C=O) groups excluding carboxylic acids is 1.